The number of fused-ring (bicyclic) bond motifs is 1. The number of nitrogens with one attached hydrogen (secondary N) is 2. The van der Waals surface area contributed by atoms with Gasteiger partial charge in [0, 0.05) is 12.1 Å². The highest BCUT2D eigenvalue weighted by Gasteiger charge is 2.41. The number of carbonyl (C=O) groups is 2. The van der Waals surface area contributed by atoms with Crippen LogP contribution in [0, 0.1) is 11.6 Å². The van der Waals surface area contributed by atoms with Crippen molar-refractivity contribution in [3.63, 3.8) is 0 Å². The van der Waals surface area contributed by atoms with Crippen molar-refractivity contribution in [2.75, 3.05) is 11.9 Å². The summed E-state index contributed by atoms with van der Waals surface area (Å²) in [4.78, 5) is 24.7. The van der Waals surface area contributed by atoms with Gasteiger partial charge in [-0.3, -0.25) is 4.79 Å². The van der Waals surface area contributed by atoms with E-state index in [4.69, 9.17) is 4.74 Å². The molecule has 1 aliphatic heterocycles. The Balaban J connectivity index is 1.56. The zero-order chi connectivity index (χ0) is 28.3. The lowest BCUT2D eigenvalue weighted by Gasteiger charge is -2.24. The molecule has 0 unspecified atom stereocenters. The highest BCUT2D eigenvalue weighted by Crippen LogP contribution is 2.37. The summed E-state index contributed by atoms with van der Waals surface area (Å²) >= 11 is 3.38. The number of hydrogen-bond acceptors (Lipinski definition) is 4. The van der Waals surface area contributed by atoms with Crippen molar-refractivity contribution in [2.24, 2.45) is 0 Å². The second kappa shape index (κ2) is 11.6. The van der Waals surface area contributed by atoms with E-state index in [0.29, 0.717) is 47.4 Å². The quantitative estimate of drug-likeness (QED) is 0.264. The van der Waals surface area contributed by atoms with Crippen LogP contribution >= 0.6 is 15.9 Å². The Morgan fingerprint density at radius 3 is 2.33 bits per heavy atom. The first-order valence-electron chi connectivity index (χ1n) is 11.8. The first-order chi connectivity index (χ1) is 18.5. The molecule has 1 aliphatic rings. The number of carboxylic acid groups (broad SMARTS) is 1. The Hall–Kier alpha value is -3.67. The molecule has 1 amide bonds. The molecule has 0 aliphatic carbocycles. The van der Waals surface area contributed by atoms with E-state index in [1.165, 1.54) is 30.3 Å². The summed E-state index contributed by atoms with van der Waals surface area (Å²) in [5.74, 6) is -5.14. The van der Waals surface area contributed by atoms with Crippen LogP contribution < -0.4 is 15.4 Å². The first kappa shape index (κ1) is 28.3. The van der Waals surface area contributed by atoms with E-state index in [-0.39, 0.29) is 12.0 Å². The molecular formula is C27H22BrF5N2O4. The molecule has 39 heavy (non-hydrogen) atoms. The van der Waals surface area contributed by atoms with Crippen molar-refractivity contribution in [1.82, 2.24) is 5.32 Å². The Morgan fingerprint density at radius 2 is 1.72 bits per heavy atom. The van der Waals surface area contributed by atoms with E-state index in [1.807, 2.05) is 0 Å². The maximum Gasteiger partial charge on any atom is 0.412 e. The molecule has 0 aromatic heterocycles. The monoisotopic (exact) mass is 612 g/mol. The lowest BCUT2D eigenvalue weighted by Crippen LogP contribution is -2.43. The third-order valence-electron chi connectivity index (χ3n) is 6.19. The van der Waals surface area contributed by atoms with Crippen molar-refractivity contribution >= 4 is 33.5 Å². The van der Waals surface area contributed by atoms with Gasteiger partial charge in [0.15, 0.2) is 0 Å². The Labute approximate surface area is 228 Å². The second-order valence-electron chi connectivity index (χ2n) is 8.88. The van der Waals surface area contributed by atoms with Crippen molar-refractivity contribution < 1.29 is 41.4 Å². The molecule has 3 aromatic rings. The summed E-state index contributed by atoms with van der Waals surface area (Å²) < 4.78 is 77.0. The van der Waals surface area contributed by atoms with Crippen molar-refractivity contribution in [1.29, 1.82) is 0 Å². The summed E-state index contributed by atoms with van der Waals surface area (Å²) in [7, 11) is 0. The van der Waals surface area contributed by atoms with Gasteiger partial charge in [-0.2, -0.15) is 13.2 Å². The summed E-state index contributed by atoms with van der Waals surface area (Å²) in [5, 5.41) is 13.9. The molecule has 6 nitrogen and oxygen atoms in total. The van der Waals surface area contributed by atoms with Crippen LogP contribution in [0.3, 0.4) is 0 Å². The molecule has 0 bridgehead atoms. The molecule has 2 atom stereocenters. The maximum atomic E-state index is 14.9. The fraction of sp³-hybridized carbons (Fsp3) is 0.259. The average molecular weight is 613 g/mol. The largest absolute Gasteiger partial charge is 0.492 e. The Kier molecular flexibility index (Phi) is 8.43. The number of anilines is 1. The number of amides is 1. The van der Waals surface area contributed by atoms with Crippen LogP contribution in [0.15, 0.2) is 59.1 Å². The van der Waals surface area contributed by atoms with Gasteiger partial charge in [0.25, 0.3) is 5.91 Å². The van der Waals surface area contributed by atoms with Crippen molar-refractivity contribution in [3.8, 4) is 5.75 Å². The highest BCUT2D eigenvalue weighted by molar-refractivity contribution is 9.10. The van der Waals surface area contributed by atoms with E-state index in [2.05, 4.69) is 26.6 Å². The second-order valence-corrected chi connectivity index (χ2v) is 9.73. The van der Waals surface area contributed by atoms with E-state index in [0.717, 1.165) is 5.56 Å². The number of alkyl halides is 3. The molecule has 0 radical (unpaired) electrons. The Morgan fingerprint density at radius 1 is 1.05 bits per heavy atom. The van der Waals surface area contributed by atoms with E-state index in [9.17, 15) is 36.6 Å². The molecule has 0 fully saturated rings. The van der Waals surface area contributed by atoms with E-state index < -0.39 is 53.0 Å². The normalized spacial score (nSPS) is 14.5. The minimum absolute atomic E-state index is 0.183. The van der Waals surface area contributed by atoms with Crippen LogP contribution in [0.25, 0.3) is 0 Å². The fourth-order valence-electron chi connectivity index (χ4n) is 4.37. The van der Waals surface area contributed by atoms with Gasteiger partial charge in [0.05, 0.1) is 11.1 Å². The Bertz CT molecular complexity index is 1360. The molecule has 1 heterocycles. The van der Waals surface area contributed by atoms with Crippen LogP contribution in [-0.2, 0) is 17.6 Å². The van der Waals surface area contributed by atoms with Gasteiger partial charge in [0.2, 0.25) is 0 Å². The molecule has 0 saturated heterocycles. The van der Waals surface area contributed by atoms with Crippen LogP contribution in [0.2, 0.25) is 0 Å². The van der Waals surface area contributed by atoms with Crippen LogP contribution in [0.5, 0.6) is 5.75 Å². The van der Waals surface area contributed by atoms with Gasteiger partial charge in [-0.25, -0.2) is 13.6 Å². The molecule has 0 spiro atoms. The number of aliphatic carboxylic acids is 1. The number of carbonyl (C=O) groups excluding carboxylic acids is 1. The number of rotatable bonds is 8. The van der Waals surface area contributed by atoms with E-state index in [1.54, 1.807) is 12.1 Å². The van der Waals surface area contributed by atoms with Crippen LogP contribution in [0.1, 0.15) is 39.5 Å². The number of benzene rings is 3. The van der Waals surface area contributed by atoms with Crippen LogP contribution in [-0.4, -0.2) is 35.8 Å². The lowest BCUT2D eigenvalue weighted by molar-refractivity contribution is -0.144. The standard InChI is InChI=1S/C27H22BrF5N2O4/c28-18-9-8-15(17-7-4-10-39-23(17)18)11-21(26(37)38)35-25(36)22-19(29)12-16(13-20(22)30)34-24(27(31,32)33)14-5-2-1-3-6-14/h1-3,5-6,8-9,12-13,21,24,34H,4,7,10-11H2,(H,35,36)(H,37,38)/t21-,24+/m0/s1. The molecule has 4 rings (SSSR count). The van der Waals surface area contributed by atoms with Gasteiger partial charge < -0.3 is 20.5 Å². The van der Waals surface area contributed by atoms with E-state index >= 15 is 0 Å². The minimum atomic E-state index is -4.80. The first-order valence-corrected chi connectivity index (χ1v) is 12.6. The predicted molar refractivity (Wildman–Crippen MR) is 136 cm³/mol. The van der Waals surface area contributed by atoms with Gasteiger partial charge >= 0.3 is 12.1 Å². The van der Waals surface area contributed by atoms with Crippen molar-refractivity contribution in [2.45, 2.75) is 37.5 Å². The van der Waals surface area contributed by atoms with Gasteiger partial charge in [0.1, 0.15) is 35.0 Å². The minimum Gasteiger partial charge on any atom is -0.492 e. The number of halogens is 6. The fourth-order valence-corrected chi connectivity index (χ4v) is 4.86. The summed E-state index contributed by atoms with van der Waals surface area (Å²) in [6.45, 7) is 0.493. The summed E-state index contributed by atoms with van der Waals surface area (Å²) in [6.07, 6.45) is -3.66. The highest BCUT2D eigenvalue weighted by atomic mass is 79.9. The zero-order valence-electron chi connectivity index (χ0n) is 20.1. The molecule has 3 aromatic carbocycles. The number of hydrogen-bond donors (Lipinski definition) is 3. The predicted octanol–water partition coefficient (Wildman–Crippen LogP) is 6.19. The third-order valence-corrected chi connectivity index (χ3v) is 6.82. The summed E-state index contributed by atoms with van der Waals surface area (Å²) in [6, 6.07) is 7.35. The average Bonchev–Trinajstić information content (AvgIpc) is 2.88. The summed E-state index contributed by atoms with van der Waals surface area (Å²) in [5.41, 5.74) is -0.501. The molecule has 0 saturated carbocycles. The zero-order valence-corrected chi connectivity index (χ0v) is 21.7. The maximum absolute atomic E-state index is 14.9. The molecule has 3 N–H and O–H groups in total. The lowest BCUT2D eigenvalue weighted by atomic mass is 9.95. The van der Waals surface area contributed by atoms with Crippen molar-refractivity contribution in [3.05, 3.63) is 93.0 Å². The molecule has 12 heteroatoms. The number of carboxylic acids is 1. The molecular weight excluding hydrogens is 591 g/mol. The van der Waals surface area contributed by atoms with Gasteiger partial charge in [-0.15, -0.1) is 0 Å². The van der Waals surface area contributed by atoms with Crippen LogP contribution in [0.4, 0.5) is 27.6 Å². The number of ether oxygens (including phenoxy) is 1. The SMILES string of the molecule is O=C(N[C@@H](Cc1ccc(Br)c2c1CCCO2)C(=O)O)c1c(F)cc(N[C@H](c2ccccc2)C(F)(F)F)cc1F. The van der Waals surface area contributed by atoms with Gasteiger partial charge in [-0.05, 0) is 63.7 Å². The third kappa shape index (κ3) is 6.49. The smallest absolute Gasteiger partial charge is 0.412 e. The topological polar surface area (TPSA) is 87.7 Å². The molecule has 206 valence electrons. The van der Waals surface area contributed by atoms with Gasteiger partial charge in [-0.1, -0.05) is 36.4 Å².